The molecule has 2 aromatic rings. The van der Waals surface area contributed by atoms with Gasteiger partial charge in [-0.1, -0.05) is 26.8 Å². The Morgan fingerprint density at radius 2 is 1.69 bits per heavy atom. The number of nitrogens with one attached hydrogen (secondary N) is 2. The van der Waals surface area contributed by atoms with Gasteiger partial charge in [0.25, 0.3) is 0 Å². The van der Waals surface area contributed by atoms with E-state index in [0.717, 1.165) is 12.3 Å². The van der Waals surface area contributed by atoms with Crippen LogP contribution in [-0.4, -0.2) is 40.3 Å². The van der Waals surface area contributed by atoms with E-state index in [4.69, 9.17) is 4.74 Å². The van der Waals surface area contributed by atoms with Crippen molar-refractivity contribution in [1.82, 2.24) is 5.32 Å². The Kier molecular flexibility index (Phi) is 6.82. The Labute approximate surface area is 201 Å². The predicted octanol–water partition coefficient (Wildman–Crippen LogP) is 4.50. The van der Waals surface area contributed by atoms with Gasteiger partial charge >= 0.3 is 12.2 Å². The van der Waals surface area contributed by atoms with E-state index >= 15 is 0 Å². The van der Waals surface area contributed by atoms with Gasteiger partial charge in [0.1, 0.15) is 5.75 Å². The van der Waals surface area contributed by atoms with Crippen molar-refractivity contribution in [2.24, 2.45) is 0 Å². The Bertz CT molecular complexity index is 1280. The summed E-state index contributed by atoms with van der Waals surface area (Å²) in [5.41, 5.74) is -1.27. The zero-order chi connectivity index (χ0) is 26.3. The molecule has 0 spiro atoms. The smallest absolute Gasteiger partial charge is 0.417 e. The molecule has 8 nitrogen and oxygen atoms in total. The molecular formula is C23H26F3N3O5S. The van der Waals surface area contributed by atoms with E-state index in [9.17, 15) is 31.2 Å². The normalized spacial score (nSPS) is 15.1. The number of urea groups is 1. The second-order valence-electron chi connectivity index (χ2n) is 9.21. The number of benzene rings is 2. The van der Waals surface area contributed by atoms with Crippen LogP contribution in [-0.2, 0) is 26.4 Å². The second-order valence-corrected chi connectivity index (χ2v) is 11.0. The molecular weight excluding hydrogens is 487 g/mol. The average Bonchev–Trinajstić information content (AvgIpc) is 2.70. The summed E-state index contributed by atoms with van der Waals surface area (Å²) in [6.07, 6.45) is -3.95. The molecule has 1 fully saturated rings. The molecule has 2 N–H and O–H groups in total. The monoisotopic (exact) mass is 513 g/mol. The molecule has 0 saturated carbocycles. The maximum atomic E-state index is 14.1. The number of ether oxygens (including phenoxy) is 1. The van der Waals surface area contributed by atoms with Gasteiger partial charge in [0.05, 0.1) is 18.9 Å². The molecule has 0 bridgehead atoms. The third-order valence-corrected chi connectivity index (χ3v) is 5.98. The summed E-state index contributed by atoms with van der Waals surface area (Å²) in [7, 11) is -2.47. The van der Waals surface area contributed by atoms with Crippen molar-refractivity contribution in [3.05, 3.63) is 41.5 Å². The average molecular weight is 514 g/mol. The van der Waals surface area contributed by atoms with Gasteiger partial charge in [0.15, 0.2) is 0 Å². The zero-order valence-corrected chi connectivity index (χ0v) is 20.6. The lowest BCUT2D eigenvalue weighted by atomic mass is 9.83. The van der Waals surface area contributed by atoms with Gasteiger partial charge in [-0.05, 0) is 35.2 Å². The Balaban J connectivity index is 2.32. The van der Waals surface area contributed by atoms with E-state index < -0.39 is 39.1 Å². The number of rotatable bonds is 5. The molecule has 1 aliphatic rings. The first-order chi connectivity index (χ1) is 16.0. The largest absolute Gasteiger partial charge is 0.496 e. The van der Waals surface area contributed by atoms with Gasteiger partial charge in [0.2, 0.25) is 15.9 Å². The van der Waals surface area contributed by atoms with Gasteiger partial charge in [-0.2, -0.15) is 13.2 Å². The summed E-state index contributed by atoms with van der Waals surface area (Å²) in [5.74, 6) is -0.256. The Morgan fingerprint density at radius 1 is 1.03 bits per heavy atom. The summed E-state index contributed by atoms with van der Waals surface area (Å²) >= 11 is 0. The van der Waals surface area contributed by atoms with E-state index in [1.54, 1.807) is 6.07 Å². The van der Waals surface area contributed by atoms with Gasteiger partial charge in [-0.25, -0.2) is 13.2 Å². The first kappa shape index (κ1) is 26.3. The molecule has 0 atom stereocenters. The highest BCUT2D eigenvalue weighted by molar-refractivity contribution is 7.92. The first-order valence-electron chi connectivity index (χ1n) is 10.5. The van der Waals surface area contributed by atoms with Crippen molar-refractivity contribution < 1.29 is 35.9 Å². The molecule has 35 heavy (non-hydrogen) atoms. The van der Waals surface area contributed by atoms with E-state index in [1.807, 2.05) is 20.8 Å². The number of methoxy groups -OCH3 is 1. The fourth-order valence-corrected chi connectivity index (χ4v) is 4.40. The number of hydrogen-bond acceptors (Lipinski definition) is 5. The number of carbonyl (C=O) groups is 2. The minimum atomic E-state index is -4.83. The molecule has 2 aromatic carbocycles. The Morgan fingerprint density at radius 3 is 2.20 bits per heavy atom. The van der Waals surface area contributed by atoms with E-state index in [0.29, 0.717) is 17.3 Å². The van der Waals surface area contributed by atoms with Crippen LogP contribution < -0.4 is 19.7 Å². The van der Waals surface area contributed by atoms with Crippen molar-refractivity contribution in [2.45, 2.75) is 38.8 Å². The number of nitrogens with zero attached hydrogens (tertiary/aromatic N) is 1. The molecule has 3 rings (SSSR count). The SMILES string of the molecule is COc1c(-c2ccc(NS(C)(=O)=O)cc2C(F)(F)F)cc(N2CCC(=O)NC2=O)cc1C(C)(C)C. The lowest BCUT2D eigenvalue weighted by Gasteiger charge is -2.31. The highest BCUT2D eigenvalue weighted by Gasteiger charge is 2.36. The fraction of sp³-hybridized carbons (Fsp3) is 0.391. The highest BCUT2D eigenvalue weighted by Crippen LogP contribution is 2.47. The molecule has 1 saturated heterocycles. The van der Waals surface area contributed by atoms with Gasteiger partial charge in [0, 0.05) is 35.5 Å². The van der Waals surface area contributed by atoms with Crippen LogP contribution in [0.1, 0.15) is 38.3 Å². The molecule has 1 heterocycles. The fourth-order valence-electron chi connectivity index (χ4n) is 3.85. The third-order valence-electron chi connectivity index (χ3n) is 5.37. The predicted molar refractivity (Wildman–Crippen MR) is 126 cm³/mol. The van der Waals surface area contributed by atoms with E-state index in [2.05, 4.69) is 10.0 Å². The number of alkyl halides is 3. The lowest BCUT2D eigenvalue weighted by molar-refractivity contribution is -0.137. The number of imide groups is 1. The van der Waals surface area contributed by atoms with Crippen molar-refractivity contribution in [1.29, 1.82) is 0 Å². The summed E-state index contributed by atoms with van der Waals surface area (Å²) in [4.78, 5) is 25.4. The van der Waals surface area contributed by atoms with Crippen LogP contribution in [0, 0.1) is 0 Å². The number of hydrogen-bond donors (Lipinski definition) is 2. The number of amides is 3. The number of anilines is 2. The number of sulfonamides is 1. The number of halogens is 3. The van der Waals surface area contributed by atoms with Crippen LogP contribution >= 0.6 is 0 Å². The maximum absolute atomic E-state index is 14.1. The summed E-state index contributed by atoms with van der Waals surface area (Å²) in [5, 5.41) is 2.21. The summed E-state index contributed by atoms with van der Waals surface area (Å²) in [6, 6.07) is 5.47. The minimum Gasteiger partial charge on any atom is -0.496 e. The first-order valence-corrected chi connectivity index (χ1v) is 12.4. The van der Waals surface area contributed by atoms with E-state index in [-0.39, 0.29) is 35.5 Å². The van der Waals surface area contributed by atoms with Crippen molar-refractivity contribution in [3.63, 3.8) is 0 Å². The van der Waals surface area contributed by atoms with Crippen molar-refractivity contribution >= 4 is 33.3 Å². The van der Waals surface area contributed by atoms with Crippen molar-refractivity contribution in [3.8, 4) is 16.9 Å². The van der Waals surface area contributed by atoms with Crippen LogP contribution in [0.2, 0.25) is 0 Å². The molecule has 0 radical (unpaired) electrons. The van der Waals surface area contributed by atoms with Gasteiger partial charge < -0.3 is 4.74 Å². The van der Waals surface area contributed by atoms with Crippen molar-refractivity contribution in [2.75, 3.05) is 29.5 Å². The van der Waals surface area contributed by atoms with Gasteiger partial charge in [-0.15, -0.1) is 0 Å². The molecule has 1 aliphatic heterocycles. The van der Waals surface area contributed by atoms with Crippen LogP contribution in [0.25, 0.3) is 11.1 Å². The zero-order valence-electron chi connectivity index (χ0n) is 19.8. The van der Waals surface area contributed by atoms with Crippen LogP contribution in [0.5, 0.6) is 5.75 Å². The lowest BCUT2D eigenvalue weighted by Crippen LogP contribution is -2.49. The van der Waals surface area contributed by atoms with Crippen LogP contribution in [0.4, 0.5) is 29.3 Å². The molecule has 0 aromatic heterocycles. The van der Waals surface area contributed by atoms with Gasteiger partial charge in [-0.3, -0.25) is 19.7 Å². The molecule has 0 unspecified atom stereocenters. The summed E-state index contributed by atoms with van der Waals surface area (Å²) < 4.78 is 73.2. The molecule has 3 amide bonds. The number of carbonyl (C=O) groups excluding carboxylic acids is 2. The highest BCUT2D eigenvalue weighted by atomic mass is 32.2. The maximum Gasteiger partial charge on any atom is 0.417 e. The second kappa shape index (κ2) is 9.06. The molecule has 0 aliphatic carbocycles. The molecule has 190 valence electrons. The van der Waals surface area contributed by atoms with Crippen LogP contribution in [0.3, 0.4) is 0 Å². The molecule has 12 heteroatoms. The minimum absolute atomic E-state index is 0.0393. The van der Waals surface area contributed by atoms with Crippen LogP contribution in [0.15, 0.2) is 30.3 Å². The quantitative estimate of drug-likeness (QED) is 0.613. The summed E-state index contributed by atoms with van der Waals surface area (Å²) in [6.45, 7) is 5.61. The standard InChI is InChI=1S/C23H26F3N3O5S/c1-22(2,3)18-12-14(29-9-8-19(30)27-21(29)31)11-16(20(18)34-4)15-7-6-13(28-35(5,32)33)10-17(15)23(24,25)26/h6-7,10-12,28H,8-9H2,1-5H3,(H,27,30,31). The third kappa shape index (κ3) is 5.87. The Hall–Kier alpha value is -3.28. The van der Waals surface area contributed by atoms with E-state index in [1.165, 1.54) is 24.1 Å². The topological polar surface area (TPSA) is 105 Å².